The van der Waals surface area contributed by atoms with Gasteiger partial charge in [-0.1, -0.05) is 6.07 Å². The molecule has 3 amide bonds. The fourth-order valence-corrected chi connectivity index (χ4v) is 3.07. The van der Waals surface area contributed by atoms with Crippen molar-refractivity contribution in [3.8, 4) is 0 Å². The van der Waals surface area contributed by atoms with Crippen molar-refractivity contribution >= 4 is 17.6 Å². The van der Waals surface area contributed by atoms with E-state index in [1.54, 1.807) is 17.4 Å². The Labute approximate surface area is 153 Å². The van der Waals surface area contributed by atoms with Gasteiger partial charge in [-0.25, -0.2) is 9.78 Å². The van der Waals surface area contributed by atoms with Gasteiger partial charge in [0, 0.05) is 44.1 Å². The van der Waals surface area contributed by atoms with E-state index in [-0.39, 0.29) is 18.0 Å². The van der Waals surface area contributed by atoms with E-state index in [1.807, 2.05) is 42.8 Å². The highest BCUT2D eigenvalue weighted by atomic mass is 16.2. The molecular formula is C19H25N5O2. The molecule has 26 heavy (non-hydrogen) atoms. The first-order valence-corrected chi connectivity index (χ1v) is 8.90. The van der Waals surface area contributed by atoms with E-state index < -0.39 is 0 Å². The first-order chi connectivity index (χ1) is 12.5. The lowest BCUT2D eigenvalue weighted by Gasteiger charge is -2.18. The second-order valence-electron chi connectivity index (χ2n) is 6.73. The zero-order chi connectivity index (χ0) is 18.5. The van der Waals surface area contributed by atoms with Crippen molar-refractivity contribution in [1.82, 2.24) is 20.2 Å². The number of hydrogen-bond acceptors (Lipinski definition) is 3. The van der Waals surface area contributed by atoms with Crippen molar-refractivity contribution < 1.29 is 9.59 Å². The first-order valence-electron chi connectivity index (χ1n) is 8.90. The fraction of sp³-hybridized carbons (Fsp3) is 0.421. The Morgan fingerprint density at radius 1 is 1.31 bits per heavy atom. The SMILES string of the molecule is Cc1ccc(N2CC(NC(=O)NCCCn3ccnc3)CC2=O)cc1C. The molecule has 0 bridgehead atoms. The second-order valence-corrected chi connectivity index (χ2v) is 6.73. The minimum Gasteiger partial charge on any atom is -0.338 e. The van der Waals surface area contributed by atoms with Crippen LogP contribution in [0.25, 0.3) is 0 Å². The van der Waals surface area contributed by atoms with Crippen LogP contribution in [0.1, 0.15) is 24.0 Å². The monoisotopic (exact) mass is 355 g/mol. The van der Waals surface area contributed by atoms with Crippen LogP contribution in [-0.4, -0.2) is 40.6 Å². The van der Waals surface area contributed by atoms with E-state index >= 15 is 0 Å². The molecule has 1 saturated heterocycles. The molecule has 1 aliphatic rings. The Bertz CT molecular complexity index is 772. The van der Waals surface area contributed by atoms with Gasteiger partial charge in [0.15, 0.2) is 0 Å². The Balaban J connectivity index is 1.44. The molecule has 1 unspecified atom stereocenters. The molecule has 1 aliphatic heterocycles. The number of anilines is 1. The highest BCUT2D eigenvalue weighted by molar-refractivity contribution is 5.96. The highest BCUT2D eigenvalue weighted by Gasteiger charge is 2.31. The van der Waals surface area contributed by atoms with Crippen LogP contribution in [-0.2, 0) is 11.3 Å². The first kappa shape index (κ1) is 18.0. The maximum Gasteiger partial charge on any atom is 0.315 e. The average Bonchev–Trinajstić information content (AvgIpc) is 3.24. The van der Waals surface area contributed by atoms with Crippen LogP contribution in [0.4, 0.5) is 10.5 Å². The van der Waals surface area contributed by atoms with Crippen LogP contribution in [0.3, 0.4) is 0 Å². The van der Waals surface area contributed by atoms with Gasteiger partial charge >= 0.3 is 6.03 Å². The molecule has 1 aromatic heterocycles. The van der Waals surface area contributed by atoms with Crippen molar-refractivity contribution in [2.45, 2.75) is 39.3 Å². The molecule has 138 valence electrons. The Hall–Kier alpha value is -2.83. The van der Waals surface area contributed by atoms with Crippen molar-refractivity contribution in [3.63, 3.8) is 0 Å². The van der Waals surface area contributed by atoms with Crippen molar-refractivity contribution in [2.75, 3.05) is 18.0 Å². The number of rotatable bonds is 6. The maximum atomic E-state index is 12.3. The van der Waals surface area contributed by atoms with Gasteiger partial charge in [-0.3, -0.25) is 4.79 Å². The summed E-state index contributed by atoms with van der Waals surface area (Å²) in [6.07, 6.45) is 6.53. The standard InChI is InChI=1S/C19H25N5O2/c1-14-4-5-17(10-15(14)2)24-12-16(11-18(24)25)22-19(26)21-6-3-8-23-9-7-20-13-23/h4-5,7,9-10,13,16H,3,6,8,11-12H2,1-2H3,(H2,21,22,26). The van der Waals surface area contributed by atoms with Crippen LogP contribution in [0.5, 0.6) is 0 Å². The van der Waals surface area contributed by atoms with E-state index in [4.69, 9.17) is 0 Å². The van der Waals surface area contributed by atoms with Crippen molar-refractivity contribution in [2.24, 2.45) is 0 Å². The molecule has 0 spiro atoms. The Morgan fingerprint density at radius 3 is 2.88 bits per heavy atom. The van der Waals surface area contributed by atoms with Gasteiger partial charge in [0.25, 0.3) is 0 Å². The number of imidazole rings is 1. The van der Waals surface area contributed by atoms with Crippen LogP contribution in [0, 0.1) is 13.8 Å². The topological polar surface area (TPSA) is 79.3 Å². The fourth-order valence-electron chi connectivity index (χ4n) is 3.07. The van der Waals surface area contributed by atoms with Gasteiger partial charge in [0.1, 0.15) is 0 Å². The zero-order valence-corrected chi connectivity index (χ0v) is 15.2. The van der Waals surface area contributed by atoms with Gasteiger partial charge < -0.3 is 20.1 Å². The molecule has 7 heteroatoms. The van der Waals surface area contributed by atoms with Gasteiger partial charge in [-0.15, -0.1) is 0 Å². The molecule has 1 aromatic carbocycles. The number of urea groups is 1. The normalized spacial score (nSPS) is 16.8. The van der Waals surface area contributed by atoms with Crippen LogP contribution in [0.2, 0.25) is 0 Å². The molecule has 7 nitrogen and oxygen atoms in total. The number of amides is 3. The minimum absolute atomic E-state index is 0.0404. The highest BCUT2D eigenvalue weighted by Crippen LogP contribution is 2.24. The van der Waals surface area contributed by atoms with Gasteiger partial charge in [-0.05, 0) is 43.5 Å². The number of carbonyl (C=O) groups excluding carboxylic acids is 2. The maximum absolute atomic E-state index is 12.3. The van der Waals surface area contributed by atoms with Crippen molar-refractivity contribution in [3.05, 3.63) is 48.0 Å². The lowest BCUT2D eigenvalue weighted by molar-refractivity contribution is -0.117. The molecular weight excluding hydrogens is 330 g/mol. The summed E-state index contributed by atoms with van der Waals surface area (Å²) in [4.78, 5) is 30.1. The number of aromatic nitrogens is 2. The summed E-state index contributed by atoms with van der Waals surface area (Å²) in [6.45, 7) is 5.97. The second kappa shape index (κ2) is 8.03. The molecule has 0 radical (unpaired) electrons. The number of aryl methyl sites for hydroxylation is 3. The number of nitrogens with zero attached hydrogens (tertiary/aromatic N) is 3. The van der Waals surface area contributed by atoms with Gasteiger partial charge in [0.2, 0.25) is 5.91 Å². The summed E-state index contributed by atoms with van der Waals surface area (Å²) in [5.74, 6) is 0.0404. The summed E-state index contributed by atoms with van der Waals surface area (Å²) < 4.78 is 1.97. The van der Waals surface area contributed by atoms with E-state index in [2.05, 4.69) is 15.6 Å². The van der Waals surface area contributed by atoms with Gasteiger partial charge in [-0.2, -0.15) is 0 Å². The van der Waals surface area contributed by atoms with Crippen LogP contribution >= 0.6 is 0 Å². The summed E-state index contributed by atoms with van der Waals surface area (Å²) >= 11 is 0. The number of benzene rings is 1. The minimum atomic E-state index is -0.227. The van der Waals surface area contributed by atoms with Crippen LogP contribution < -0.4 is 15.5 Å². The Kier molecular flexibility index (Phi) is 5.55. The molecule has 0 aliphatic carbocycles. The molecule has 2 heterocycles. The Morgan fingerprint density at radius 2 is 2.15 bits per heavy atom. The molecule has 3 rings (SSSR count). The molecule has 1 fully saturated rings. The predicted molar refractivity (Wildman–Crippen MR) is 100 cm³/mol. The number of carbonyl (C=O) groups is 2. The smallest absolute Gasteiger partial charge is 0.315 e. The third-order valence-electron chi connectivity index (χ3n) is 4.70. The zero-order valence-electron chi connectivity index (χ0n) is 15.2. The van der Waals surface area contributed by atoms with E-state index in [0.29, 0.717) is 19.5 Å². The largest absolute Gasteiger partial charge is 0.338 e. The molecule has 2 N–H and O–H groups in total. The number of nitrogens with one attached hydrogen (secondary N) is 2. The summed E-state index contributed by atoms with van der Waals surface area (Å²) in [5.41, 5.74) is 3.25. The van der Waals surface area contributed by atoms with E-state index in [1.165, 1.54) is 5.56 Å². The molecule has 0 saturated carbocycles. The van der Waals surface area contributed by atoms with E-state index in [0.717, 1.165) is 24.2 Å². The number of hydrogen-bond donors (Lipinski definition) is 2. The predicted octanol–water partition coefficient (Wildman–Crippen LogP) is 1.99. The lowest BCUT2D eigenvalue weighted by atomic mass is 10.1. The third kappa shape index (κ3) is 4.41. The molecule has 2 aromatic rings. The quantitative estimate of drug-likeness (QED) is 0.778. The summed E-state index contributed by atoms with van der Waals surface area (Å²) in [6, 6.07) is 5.60. The third-order valence-corrected chi connectivity index (χ3v) is 4.70. The molecule has 1 atom stereocenters. The summed E-state index contributed by atoms with van der Waals surface area (Å²) in [7, 11) is 0. The average molecular weight is 355 g/mol. The van der Waals surface area contributed by atoms with E-state index in [9.17, 15) is 9.59 Å². The lowest BCUT2D eigenvalue weighted by Crippen LogP contribution is -2.43. The summed E-state index contributed by atoms with van der Waals surface area (Å²) in [5, 5.41) is 5.74. The van der Waals surface area contributed by atoms with Gasteiger partial charge in [0.05, 0.1) is 12.4 Å². The van der Waals surface area contributed by atoms with Crippen molar-refractivity contribution in [1.29, 1.82) is 0 Å². The van der Waals surface area contributed by atoms with Crippen LogP contribution in [0.15, 0.2) is 36.9 Å².